The third-order valence-electron chi connectivity index (χ3n) is 4.43. The summed E-state index contributed by atoms with van der Waals surface area (Å²) in [5.74, 6) is 1.49. The number of rotatable bonds is 4. The van der Waals surface area contributed by atoms with Crippen molar-refractivity contribution in [2.45, 2.75) is 19.3 Å². The van der Waals surface area contributed by atoms with Crippen LogP contribution in [0.5, 0.6) is 11.5 Å². The molecule has 1 amide bonds. The molecule has 122 valence electrons. The molecule has 0 saturated carbocycles. The molecule has 0 N–H and O–H groups in total. The number of ether oxygens (including phenoxy) is 2. The fourth-order valence-corrected chi connectivity index (χ4v) is 2.75. The molecule has 0 radical (unpaired) electrons. The first kappa shape index (κ1) is 16.6. The number of amides is 1. The summed E-state index contributed by atoms with van der Waals surface area (Å²) in [5, 5.41) is 0. The monoisotopic (exact) mass is 306 g/mol. The number of carbonyl (C=O) groups excluding carboxylic acids is 1. The average Bonchev–Trinajstić information content (AvgIpc) is 2.54. The maximum absolute atomic E-state index is 12.9. The second-order valence-electron chi connectivity index (χ2n) is 6.29. The van der Waals surface area contributed by atoms with Gasteiger partial charge in [-0.3, -0.25) is 4.79 Å². The van der Waals surface area contributed by atoms with E-state index in [0.717, 1.165) is 31.7 Å². The highest BCUT2D eigenvalue weighted by Gasteiger charge is 2.35. The van der Waals surface area contributed by atoms with E-state index in [1.165, 1.54) is 0 Å². The summed E-state index contributed by atoms with van der Waals surface area (Å²) in [5.41, 5.74) is 0.351. The third-order valence-corrected chi connectivity index (χ3v) is 4.43. The Balaban J connectivity index is 2.23. The number of methoxy groups -OCH3 is 2. The van der Waals surface area contributed by atoms with Crippen molar-refractivity contribution < 1.29 is 14.3 Å². The molecule has 0 atom stereocenters. The number of hydrogen-bond donors (Lipinski definition) is 0. The molecule has 22 heavy (non-hydrogen) atoms. The van der Waals surface area contributed by atoms with Crippen molar-refractivity contribution in [1.29, 1.82) is 0 Å². The van der Waals surface area contributed by atoms with Gasteiger partial charge in [-0.15, -0.1) is 0 Å². The maximum Gasteiger partial charge on any atom is 0.232 e. The normalized spacial score (nSPS) is 16.5. The van der Waals surface area contributed by atoms with Gasteiger partial charge in [0.2, 0.25) is 5.91 Å². The van der Waals surface area contributed by atoms with Crippen LogP contribution in [0.1, 0.15) is 19.4 Å². The van der Waals surface area contributed by atoms with E-state index in [2.05, 4.69) is 11.9 Å². The van der Waals surface area contributed by atoms with Crippen molar-refractivity contribution >= 4 is 5.91 Å². The van der Waals surface area contributed by atoms with Crippen molar-refractivity contribution in [3.8, 4) is 11.5 Å². The van der Waals surface area contributed by atoms with Gasteiger partial charge in [0, 0.05) is 26.2 Å². The van der Waals surface area contributed by atoms with Gasteiger partial charge in [0.05, 0.1) is 19.6 Å². The predicted octanol–water partition coefficient (Wildman–Crippen LogP) is 1.76. The Bertz CT molecular complexity index is 535. The highest BCUT2D eigenvalue weighted by atomic mass is 16.5. The van der Waals surface area contributed by atoms with Gasteiger partial charge in [-0.2, -0.15) is 0 Å². The minimum atomic E-state index is -0.588. The number of hydrogen-bond acceptors (Lipinski definition) is 4. The van der Waals surface area contributed by atoms with Gasteiger partial charge in [0.15, 0.2) is 11.5 Å². The van der Waals surface area contributed by atoms with Crippen LogP contribution in [0.3, 0.4) is 0 Å². The summed E-state index contributed by atoms with van der Waals surface area (Å²) in [6.07, 6.45) is 0. The Morgan fingerprint density at radius 3 is 2.18 bits per heavy atom. The molecular weight excluding hydrogens is 280 g/mol. The van der Waals surface area contributed by atoms with Crippen molar-refractivity contribution in [3.63, 3.8) is 0 Å². The number of benzene rings is 1. The first-order chi connectivity index (χ1) is 10.4. The Kier molecular flexibility index (Phi) is 4.96. The molecule has 1 saturated heterocycles. The molecule has 0 spiro atoms. The molecule has 1 aromatic carbocycles. The van der Waals surface area contributed by atoms with Crippen LogP contribution in [0.25, 0.3) is 0 Å². The molecule has 1 aliphatic heterocycles. The zero-order chi connectivity index (χ0) is 16.3. The van der Waals surface area contributed by atoms with Crippen LogP contribution in [-0.4, -0.2) is 63.2 Å². The molecule has 5 heteroatoms. The Morgan fingerprint density at radius 1 is 1.05 bits per heavy atom. The topological polar surface area (TPSA) is 42.0 Å². The predicted molar refractivity (Wildman–Crippen MR) is 86.6 cm³/mol. The lowest BCUT2D eigenvalue weighted by Gasteiger charge is -2.37. The maximum atomic E-state index is 12.9. The molecule has 0 unspecified atom stereocenters. The van der Waals surface area contributed by atoms with E-state index in [-0.39, 0.29) is 5.91 Å². The van der Waals surface area contributed by atoms with Crippen LogP contribution >= 0.6 is 0 Å². The molecule has 0 aliphatic carbocycles. The summed E-state index contributed by atoms with van der Waals surface area (Å²) >= 11 is 0. The quantitative estimate of drug-likeness (QED) is 0.850. The lowest BCUT2D eigenvalue weighted by Crippen LogP contribution is -2.52. The highest BCUT2D eigenvalue weighted by molar-refractivity contribution is 5.87. The van der Waals surface area contributed by atoms with Crippen LogP contribution in [0.4, 0.5) is 0 Å². The molecule has 1 aliphatic rings. The minimum Gasteiger partial charge on any atom is -0.493 e. The minimum absolute atomic E-state index is 0.160. The first-order valence-electron chi connectivity index (χ1n) is 7.60. The largest absolute Gasteiger partial charge is 0.493 e. The SMILES string of the molecule is COc1ccc(C(C)(C)C(=O)N2CCN(C)CC2)cc1OC. The van der Waals surface area contributed by atoms with Crippen LogP contribution in [0.2, 0.25) is 0 Å². The van der Waals surface area contributed by atoms with Crippen LogP contribution in [0.15, 0.2) is 18.2 Å². The van der Waals surface area contributed by atoms with Crippen molar-refractivity contribution in [2.24, 2.45) is 0 Å². The molecule has 1 aromatic rings. The molecule has 1 fully saturated rings. The summed E-state index contributed by atoms with van der Waals surface area (Å²) in [6.45, 7) is 7.35. The van der Waals surface area contributed by atoms with E-state index in [1.807, 2.05) is 36.9 Å². The fraction of sp³-hybridized carbons (Fsp3) is 0.588. The Labute approximate surface area is 132 Å². The highest BCUT2D eigenvalue weighted by Crippen LogP contribution is 2.34. The molecule has 2 rings (SSSR count). The standard InChI is InChI=1S/C17H26N2O3/c1-17(2,16(20)19-10-8-18(3)9-11-19)13-6-7-14(21-4)15(12-13)22-5/h6-7,12H,8-11H2,1-5H3. The van der Waals surface area contributed by atoms with Gasteiger partial charge < -0.3 is 19.3 Å². The first-order valence-corrected chi connectivity index (χ1v) is 7.60. The Morgan fingerprint density at radius 2 is 1.64 bits per heavy atom. The lowest BCUT2D eigenvalue weighted by atomic mass is 9.82. The van der Waals surface area contributed by atoms with E-state index in [4.69, 9.17) is 9.47 Å². The second kappa shape index (κ2) is 6.57. The van der Waals surface area contributed by atoms with Crippen molar-refractivity contribution in [2.75, 3.05) is 47.4 Å². The zero-order valence-corrected chi connectivity index (χ0v) is 14.2. The molecule has 5 nitrogen and oxygen atoms in total. The number of nitrogens with zero attached hydrogens (tertiary/aromatic N) is 2. The van der Waals surface area contributed by atoms with Gasteiger partial charge in [0.1, 0.15) is 0 Å². The smallest absolute Gasteiger partial charge is 0.232 e. The van der Waals surface area contributed by atoms with E-state index >= 15 is 0 Å². The second-order valence-corrected chi connectivity index (χ2v) is 6.29. The van der Waals surface area contributed by atoms with Crippen LogP contribution in [0, 0.1) is 0 Å². The number of carbonyl (C=O) groups is 1. The summed E-state index contributed by atoms with van der Waals surface area (Å²) in [4.78, 5) is 17.1. The average molecular weight is 306 g/mol. The summed E-state index contributed by atoms with van der Waals surface area (Å²) in [6, 6.07) is 5.69. The van der Waals surface area contributed by atoms with Crippen molar-refractivity contribution in [3.05, 3.63) is 23.8 Å². The molecular formula is C17H26N2O3. The third kappa shape index (κ3) is 3.19. The van der Waals surface area contributed by atoms with Gasteiger partial charge in [0.25, 0.3) is 0 Å². The van der Waals surface area contributed by atoms with E-state index < -0.39 is 5.41 Å². The number of likely N-dealkylation sites (N-methyl/N-ethyl adjacent to an activating group) is 1. The van der Waals surface area contributed by atoms with Gasteiger partial charge in [-0.1, -0.05) is 6.07 Å². The zero-order valence-electron chi connectivity index (χ0n) is 14.2. The molecule has 0 aromatic heterocycles. The Hall–Kier alpha value is -1.75. The van der Waals surface area contributed by atoms with Crippen LogP contribution in [-0.2, 0) is 10.2 Å². The van der Waals surface area contributed by atoms with E-state index in [9.17, 15) is 4.79 Å². The van der Waals surface area contributed by atoms with Crippen LogP contribution < -0.4 is 9.47 Å². The van der Waals surface area contributed by atoms with Gasteiger partial charge in [-0.25, -0.2) is 0 Å². The van der Waals surface area contributed by atoms with Crippen molar-refractivity contribution in [1.82, 2.24) is 9.80 Å². The van der Waals surface area contributed by atoms with E-state index in [1.54, 1.807) is 14.2 Å². The van der Waals surface area contributed by atoms with Gasteiger partial charge in [-0.05, 0) is 38.6 Å². The fourth-order valence-electron chi connectivity index (χ4n) is 2.75. The number of piperazine rings is 1. The molecule has 0 bridgehead atoms. The van der Waals surface area contributed by atoms with E-state index in [0.29, 0.717) is 11.5 Å². The summed E-state index contributed by atoms with van der Waals surface area (Å²) in [7, 11) is 5.30. The molecule has 1 heterocycles. The lowest BCUT2D eigenvalue weighted by molar-refractivity contribution is -0.137. The van der Waals surface area contributed by atoms with Gasteiger partial charge >= 0.3 is 0 Å². The summed E-state index contributed by atoms with van der Waals surface area (Å²) < 4.78 is 10.6.